The van der Waals surface area contributed by atoms with Crippen LogP contribution in [0.4, 0.5) is 4.39 Å². The molecule has 0 N–H and O–H groups in total. The first-order valence-electron chi connectivity index (χ1n) is 9.30. The van der Waals surface area contributed by atoms with E-state index in [1.165, 1.54) is 36.4 Å². The average Bonchev–Trinajstić information content (AvgIpc) is 3.05. The molecule has 1 aliphatic heterocycles. The summed E-state index contributed by atoms with van der Waals surface area (Å²) in [5, 5.41) is 0.738. The first-order valence-corrected chi connectivity index (χ1v) is 10.1. The minimum atomic E-state index is -0.569. The standard InChI is InChI=1S/C24H15Cl2FO4/c1-13-20(30-22(28)11-14-5-7-15(25)8-6-14)10-9-16-23(29)21(31-24(13)16)12-17-18(26)3-2-4-19(17)27/h2-10,12H,11H2,1H3/b21-12-. The fraction of sp³-hybridized carbons (Fsp3) is 0.0833. The Balaban J connectivity index is 1.57. The predicted octanol–water partition coefficient (Wildman–Crippen LogP) is 6.21. The van der Waals surface area contributed by atoms with Gasteiger partial charge in [0.2, 0.25) is 5.78 Å². The van der Waals surface area contributed by atoms with Crippen molar-refractivity contribution >= 4 is 41.0 Å². The molecule has 1 heterocycles. The number of ketones is 1. The summed E-state index contributed by atoms with van der Waals surface area (Å²) in [4.78, 5) is 25.0. The second-order valence-electron chi connectivity index (χ2n) is 6.92. The summed E-state index contributed by atoms with van der Waals surface area (Å²) in [5.74, 6) is -0.966. The molecule has 4 nitrogen and oxygen atoms in total. The Morgan fingerprint density at radius 1 is 1.10 bits per heavy atom. The molecule has 4 rings (SSSR count). The van der Waals surface area contributed by atoms with Crippen LogP contribution in [-0.4, -0.2) is 11.8 Å². The zero-order chi connectivity index (χ0) is 22.1. The van der Waals surface area contributed by atoms with Gasteiger partial charge in [-0.05, 0) is 55.0 Å². The topological polar surface area (TPSA) is 52.6 Å². The monoisotopic (exact) mass is 456 g/mol. The van der Waals surface area contributed by atoms with Crippen molar-refractivity contribution < 1.29 is 23.5 Å². The third-order valence-electron chi connectivity index (χ3n) is 4.80. The molecule has 0 aliphatic carbocycles. The number of rotatable bonds is 4. The first kappa shape index (κ1) is 21.1. The maximum Gasteiger partial charge on any atom is 0.315 e. The summed E-state index contributed by atoms with van der Waals surface area (Å²) in [6, 6.07) is 14.2. The number of allylic oxidation sites excluding steroid dienone is 1. The van der Waals surface area contributed by atoms with Crippen molar-refractivity contribution in [2.45, 2.75) is 13.3 Å². The minimum Gasteiger partial charge on any atom is -0.452 e. The van der Waals surface area contributed by atoms with Gasteiger partial charge in [0.15, 0.2) is 5.76 Å². The van der Waals surface area contributed by atoms with Gasteiger partial charge in [0.05, 0.1) is 17.0 Å². The van der Waals surface area contributed by atoms with E-state index in [-0.39, 0.29) is 34.3 Å². The highest BCUT2D eigenvalue weighted by atomic mass is 35.5. The lowest BCUT2D eigenvalue weighted by molar-refractivity contribution is -0.133. The van der Waals surface area contributed by atoms with E-state index in [0.29, 0.717) is 16.1 Å². The summed E-state index contributed by atoms with van der Waals surface area (Å²) < 4.78 is 25.3. The van der Waals surface area contributed by atoms with E-state index in [0.717, 1.165) is 5.56 Å². The number of carbonyl (C=O) groups is 2. The Morgan fingerprint density at radius 2 is 1.84 bits per heavy atom. The Labute approximate surface area is 187 Å². The molecule has 0 amide bonds. The first-order chi connectivity index (χ1) is 14.8. The van der Waals surface area contributed by atoms with Crippen LogP contribution in [0.2, 0.25) is 10.0 Å². The molecule has 0 saturated heterocycles. The number of Topliss-reactive ketones (excluding diaryl/α,β-unsaturated/α-hetero) is 1. The van der Waals surface area contributed by atoms with Gasteiger partial charge in [-0.15, -0.1) is 0 Å². The maximum absolute atomic E-state index is 14.1. The van der Waals surface area contributed by atoms with Crippen LogP contribution in [0.3, 0.4) is 0 Å². The molecule has 156 valence electrons. The van der Waals surface area contributed by atoms with E-state index in [1.807, 2.05) is 0 Å². The van der Waals surface area contributed by atoms with Crippen molar-refractivity contribution in [1.82, 2.24) is 0 Å². The summed E-state index contributed by atoms with van der Waals surface area (Å²) in [6.07, 6.45) is 1.33. The molecule has 0 unspecified atom stereocenters. The molecule has 0 bridgehead atoms. The summed E-state index contributed by atoms with van der Waals surface area (Å²) >= 11 is 11.9. The molecular formula is C24H15Cl2FO4. The van der Waals surface area contributed by atoms with E-state index < -0.39 is 17.6 Å². The molecule has 1 aliphatic rings. The number of hydrogen-bond acceptors (Lipinski definition) is 4. The van der Waals surface area contributed by atoms with Crippen LogP contribution in [0.25, 0.3) is 6.08 Å². The second-order valence-corrected chi connectivity index (χ2v) is 7.76. The van der Waals surface area contributed by atoms with Crippen molar-refractivity contribution in [3.63, 3.8) is 0 Å². The van der Waals surface area contributed by atoms with Crippen molar-refractivity contribution in [3.8, 4) is 11.5 Å². The fourth-order valence-electron chi connectivity index (χ4n) is 3.19. The number of fused-ring (bicyclic) bond motifs is 1. The Hall–Kier alpha value is -3.15. The third-order valence-corrected chi connectivity index (χ3v) is 5.38. The minimum absolute atomic E-state index is 0.0599. The van der Waals surface area contributed by atoms with Crippen LogP contribution in [0.1, 0.15) is 27.0 Å². The Bertz CT molecular complexity index is 1210. The van der Waals surface area contributed by atoms with Gasteiger partial charge in [0.1, 0.15) is 17.3 Å². The molecule has 7 heteroatoms. The van der Waals surface area contributed by atoms with Gasteiger partial charge in [0, 0.05) is 16.1 Å². The van der Waals surface area contributed by atoms with Gasteiger partial charge in [-0.25, -0.2) is 4.39 Å². The lowest BCUT2D eigenvalue weighted by atomic mass is 10.1. The predicted molar refractivity (Wildman–Crippen MR) is 116 cm³/mol. The van der Waals surface area contributed by atoms with E-state index in [2.05, 4.69) is 0 Å². The molecule has 3 aromatic rings. The molecule has 3 aromatic carbocycles. The van der Waals surface area contributed by atoms with E-state index >= 15 is 0 Å². The van der Waals surface area contributed by atoms with Gasteiger partial charge < -0.3 is 9.47 Å². The van der Waals surface area contributed by atoms with Crippen molar-refractivity contribution in [2.75, 3.05) is 0 Å². The molecule has 0 spiro atoms. The number of hydrogen-bond donors (Lipinski definition) is 0. The zero-order valence-electron chi connectivity index (χ0n) is 16.2. The van der Waals surface area contributed by atoms with E-state index in [1.54, 1.807) is 31.2 Å². The molecule has 0 aromatic heterocycles. The van der Waals surface area contributed by atoms with Crippen LogP contribution >= 0.6 is 23.2 Å². The number of esters is 1. The highest BCUT2D eigenvalue weighted by molar-refractivity contribution is 6.32. The largest absolute Gasteiger partial charge is 0.452 e. The van der Waals surface area contributed by atoms with Crippen LogP contribution in [0.15, 0.2) is 60.4 Å². The number of ether oxygens (including phenoxy) is 2. The normalized spacial score (nSPS) is 13.8. The Kier molecular flexibility index (Phi) is 5.81. The van der Waals surface area contributed by atoms with Gasteiger partial charge in [-0.2, -0.15) is 0 Å². The van der Waals surface area contributed by atoms with Gasteiger partial charge in [-0.1, -0.05) is 41.4 Å². The smallest absolute Gasteiger partial charge is 0.315 e. The Morgan fingerprint density at radius 3 is 2.55 bits per heavy atom. The zero-order valence-corrected chi connectivity index (χ0v) is 17.8. The fourth-order valence-corrected chi connectivity index (χ4v) is 3.53. The SMILES string of the molecule is Cc1c(OC(=O)Cc2ccc(Cl)cc2)ccc2c1O/C(=C\c1c(F)cccc1Cl)C2=O. The molecule has 0 saturated carbocycles. The average molecular weight is 457 g/mol. The van der Waals surface area contributed by atoms with Gasteiger partial charge >= 0.3 is 5.97 Å². The van der Waals surface area contributed by atoms with Gasteiger partial charge in [0.25, 0.3) is 0 Å². The number of halogens is 3. The molecule has 0 radical (unpaired) electrons. The summed E-state index contributed by atoms with van der Waals surface area (Å²) in [6.45, 7) is 1.68. The van der Waals surface area contributed by atoms with Crippen molar-refractivity contribution in [1.29, 1.82) is 0 Å². The van der Waals surface area contributed by atoms with Crippen LogP contribution in [0, 0.1) is 12.7 Å². The second kappa shape index (κ2) is 8.53. The molecule has 31 heavy (non-hydrogen) atoms. The van der Waals surface area contributed by atoms with Crippen LogP contribution in [-0.2, 0) is 11.2 Å². The van der Waals surface area contributed by atoms with Crippen LogP contribution < -0.4 is 9.47 Å². The van der Waals surface area contributed by atoms with E-state index in [4.69, 9.17) is 32.7 Å². The number of benzene rings is 3. The third kappa shape index (κ3) is 4.33. The molecular weight excluding hydrogens is 442 g/mol. The lowest BCUT2D eigenvalue weighted by Gasteiger charge is -2.10. The summed E-state index contributed by atoms with van der Waals surface area (Å²) in [5.41, 5.74) is 1.60. The highest BCUT2D eigenvalue weighted by Gasteiger charge is 2.31. The lowest BCUT2D eigenvalue weighted by Crippen LogP contribution is -2.12. The summed E-state index contributed by atoms with van der Waals surface area (Å²) in [7, 11) is 0. The number of carbonyl (C=O) groups excluding carboxylic acids is 2. The highest BCUT2D eigenvalue weighted by Crippen LogP contribution is 2.40. The van der Waals surface area contributed by atoms with Gasteiger partial charge in [-0.3, -0.25) is 9.59 Å². The van der Waals surface area contributed by atoms with Crippen LogP contribution in [0.5, 0.6) is 11.5 Å². The maximum atomic E-state index is 14.1. The van der Waals surface area contributed by atoms with Crippen molar-refractivity contribution in [3.05, 3.63) is 98.5 Å². The van der Waals surface area contributed by atoms with E-state index in [9.17, 15) is 14.0 Å². The van der Waals surface area contributed by atoms with Crippen molar-refractivity contribution in [2.24, 2.45) is 0 Å². The quantitative estimate of drug-likeness (QED) is 0.266. The molecule has 0 atom stereocenters. The molecule has 0 fully saturated rings.